The standard InChI is InChI=1S/C17H22ClN5O2/c1-12(19)10-16(24)23-8-6-22(7-9-23)11-15-20-17(21-25-15)13-2-4-14(18)5-3-13/h2-5,12H,6-11,19H2,1H3. The van der Waals surface area contributed by atoms with Crippen molar-refractivity contribution in [3.63, 3.8) is 0 Å². The Morgan fingerprint density at radius 3 is 2.60 bits per heavy atom. The van der Waals surface area contributed by atoms with Crippen molar-refractivity contribution in [3.8, 4) is 11.4 Å². The fourth-order valence-corrected chi connectivity index (χ4v) is 2.91. The van der Waals surface area contributed by atoms with Crippen LogP contribution in [0.5, 0.6) is 0 Å². The van der Waals surface area contributed by atoms with Crippen molar-refractivity contribution >= 4 is 17.5 Å². The van der Waals surface area contributed by atoms with Crippen molar-refractivity contribution in [3.05, 3.63) is 35.2 Å². The van der Waals surface area contributed by atoms with Gasteiger partial charge in [-0.25, -0.2) is 0 Å². The zero-order valence-electron chi connectivity index (χ0n) is 14.2. The highest BCUT2D eigenvalue weighted by Gasteiger charge is 2.23. The van der Waals surface area contributed by atoms with Gasteiger partial charge in [0.05, 0.1) is 6.54 Å². The maximum absolute atomic E-state index is 12.0. The lowest BCUT2D eigenvalue weighted by molar-refractivity contribution is -0.133. The van der Waals surface area contributed by atoms with E-state index in [0.29, 0.717) is 42.8 Å². The number of carbonyl (C=O) groups excluding carboxylic acids is 1. The largest absolute Gasteiger partial charge is 0.340 e. The average molecular weight is 364 g/mol. The second-order valence-electron chi connectivity index (χ2n) is 6.36. The van der Waals surface area contributed by atoms with Crippen molar-refractivity contribution < 1.29 is 9.32 Å². The zero-order chi connectivity index (χ0) is 17.8. The number of hydrogen-bond donors (Lipinski definition) is 1. The lowest BCUT2D eigenvalue weighted by Gasteiger charge is -2.34. The third-order valence-electron chi connectivity index (χ3n) is 4.15. The van der Waals surface area contributed by atoms with E-state index in [1.54, 1.807) is 12.1 Å². The molecule has 134 valence electrons. The Labute approximate surface area is 151 Å². The van der Waals surface area contributed by atoms with Crippen LogP contribution in [-0.4, -0.2) is 58.1 Å². The van der Waals surface area contributed by atoms with Crippen molar-refractivity contribution in [2.24, 2.45) is 5.73 Å². The van der Waals surface area contributed by atoms with E-state index >= 15 is 0 Å². The summed E-state index contributed by atoms with van der Waals surface area (Å²) in [5.41, 5.74) is 6.56. The van der Waals surface area contributed by atoms with E-state index < -0.39 is 0 Å². The van der Waals surface area contributed by atoms with Gasteiger partial charge in [0.2, 0.25) is 17.6 Å². The van der Waals surface area contributed by atoms with E-state index in [2.05, 4.69) is 15.0 Å². The number of benzene rings is 1. The average Bonchev–Trinajstić information content (AvgIpc) is 3.04. The number of hydrogen-bond acceptors (Lipinski definition) is 6. The molecule has 3 rings (SSSR count). The number of halogens is 1. The summed E-state index contributed by atoms with van der Waals surface area (Å²) in [4.78, 5) is 20.5. The van der Waals surface area contributed by atoms with Crippen molar-refractivity contribution in [1.82, 2.24) is 19.9 Å². The zero-order valence-corrected chi connectivity index (χ0v) is 14.9. The molecule has 1 aliphatic heterocycles. The van der Waals surface area contributed by atoms with Gasteiger partial charge in [-0.1, -0.05) is 16.8 Å². The molecule has 0 spiro atoms. The van der Waals surface area contributed by atoms with Gasteiger partial charge < -0.3 is 15.2 Å². The molecule has 25 heavy (non-hydrogen) atoms. The SMILES string of the molecule is CC(N)CC(=O)N1CCN(Cc2nc(-c3ccc(Cl)cc3)no2)CC1. The van der Waals surface area contributed by atoms with Gasteiger partial charge >= 0.3 is 0 Å². The van der Waals surface area contributed by atoms with Crippen LogP contribution in [0.15, 0.2) is 28.8 Å². The summed E-state index contributed by atoms with van der Waals surface area (Å²) < 4.78 is 5.35. The van der Waals surface area contributed by atoms with E-state index in [9.17, 15) is 4.79 Å². The Morgan fingerprint density at radius 1 is 1.28 bits per heavy atom. The molecule has 1 amide bonds. The number of amides is 1. The number of nitrogens with two attached hydrogens (primary N) is 1. The number of aromatic nitrogens is 2. The first-order chi connectivity index (χ1) is 12.0. The van der Waals surface area contributed by atoms with E-state index in [1.165, 1.54) is 0 Å². The van der Waals surface area contributed by atoms with Gasteiger partial charge in [-0.05, 0) is 31.2 Å². The second-order valence-corrected chi connectivity index (χ2v) is 6.79. The molecule has 2 aromatic rings. The highest BCUT2D eigenvalue weighted by molar-refractivity contribution is 6.30. The topological polar surface area (TPSA) is 88.5 Å². The van der Waals surface area contributed by atoms with Crippen LogP contribution in [0, 0.1) is 0 Å². The normalized spacial score (nSPS) is 16.8. The molecule has 1 fully saturated rings. The van der Waals surface area contributed by atoms with Crippen LogP contribution in [0.4, 0.5) is 0 Å². The van der Waals surface area contributed by atoms with Crippen LogP contribution in [-0.2, 0) is 11.3 Å². The molecule has 0 radical (unpaired) electrons. The second kappa shape index (κ2) is 7.95. The summed E-state index contributed by atoms with van der Waals surface area (Å²) in [5, 5.41) is 4.69. The lowest BCUT2D eigenvalue weighted by atomic mass is 10.2. The van der Waals surface area contributed by atoms with E-state index in [0.717, 1.165) is 18.7 Å². The first-order valence-electron chi connectivity index (χ1n) is 8.35. The van der Waals surface area contributed by atoms with Gasteiger partial charge in [-0.15, -0.1) is 0 Å². The maximum atomic E-state index is 12.0. The summed E-state index contributed by atoms with van der Waals surface area (Å²) in [6.07, 6.45) is 0.397. The fraction of sp³-hybridized carbons (Fsp3) is 0.471. The molecule has 1 saturated heterocycles. The predicted molar refractivity (Wildman–Crippen MR) is 94.9 cm³/mol. The minimum absolute atomic E-state index is 0.102. The van der Waals surface area contributed by atoms with E-state index in [4.69, 9.17) is 21.9 Å². The smallest absolute Gasteiger partial charge is 0.241 e. The molecule has 1 aliphatic rings. The Morgan fingerprint density at radius 2 is 1.96 bits per heavy atom. The quantitative estimate of drug-likeness (QED) is 0.871. The van der Waals surface area contributed by atoms with Gasteiger partial charge in [-0.2, -0.15) is 4.98 Å². The first-order valence-corrected chi connectivity index (χ1v) is 8.73. The molecule has 1 aromatic heterocycles. The molecular formula is C17H22ClN5O2. The van der Waals surface area contributed by atoms with Crippen LogP contribution in [0.25, 0.3) is 11.4 Å². The van der Waals surface area contributed by atoms with E-state index in [-0.39, 0.29) is 11.9 Å². The van der Waals surface area contributed by atoms with Crippen molar-refractivity contribution in [1.29, 1.82) is 0 Å². The summed E-state index contributed by atoms with van der Waals surface area (Å²) in [6, 6.07) is 7.21. The molecule has 1 atom stereocenters. The molecule has 2 heterocycles. The minimum Gasteiger partial charge on any atom is -0.340 e. The maximum Gasteiger partial charge on any atom is 0.241 e. The number of nitrogens with zero attached hydrogens (tertiary/aromatic N) is 4. The van der Waals surface area contributed by atoms with Crippen LogP contribution in [0.3, 0.4) is 0 Å². The van der Waals surface area contributed by atoms with Crippen molar-refractivity contribution in [2.45, 2.75) is 25.9 Å². The summed E-state index contributed by atoms with van der Waals surface area (Å²) >= 11 is 5.89. The third kappa shape index (κ3) is 4.78. The first kappa shape index (κ1) is 17.8. The van der Waals surface area contributed by atoms with Gasteiger partial charge in [0, 0.05) is 49.2 Å². The summed E-state index contributed by atoms with van der Waals surface area (Å²) in [6.45, 7) is 5.39. The fourth-order valence-electron chi connectivity index (χ4n) is 2.79. The predicted octanol–water partition coefficient (Wildman–Crippen LogP) is 1.77. The van der Waals surface area contributed by atoms with E-state index in [1.807, 2.05) is 24.0 Å². The van der Waals surface area contributed by atoms with Crippen LogP contribution in [0.2, 0.25) is 5.02 Å². The van der Waals surface area contributed by atoms with Gasteiger partial charge in [-0.3, -0.25) is 9.69 Å². The van der Waals surface area contributed by atoms with Crippen LogP contribution >= 0.6 is 11.6 Å². The molecule has 0 bridgehead atoms. The number of carbonyl (C=O) groups is 1. The number of rotatable bonds is 5. The molecule has 0 aliphatic carbocycles. The lowest BCUT2D eigenvalue weighted by Crippen LogP contribution is -2.49. The molecule has 7 nitrogen and oxygen atoms in total. The molecule has 0 saturated carbocycles. The highest BCUT2D eigenvalue weighted by atomic mass is 35.5. The summed E-state index contributed by atoms with van der Waals surface area (Å²) in [7, 11) is 0. The van der Waals surface area contributed by atoms with Crippen LogP contribution in [0.1, 0.15) is 19.2 Å². The summed E-state index contributed by atoms with van der Waals surface area (Å²) in [5.74, 6) is 1.25. The van der Waals surface area contributed by atoms with Crippen molar-refractivity contribution in [2.75, 3.05) is 26.2 Å². The van der Waals surface area contributed by atoms with Crippen LogP contribution < -0.4 is 5.73 Å². The molecular weight excluding hydrogens is 342 g/mol. The Bertz CT molecular complexity index is 708. The Hall–Kier alpha value is -1.96. The van der Waals surface area contributed by atoms with Gasteiger partial charge in [0.25, 0.3) is 0 Å². The minimum atomic E-state index is -0.102. The monoisotopic (exact) mass is 363 g/mol. The van der Waals surface area contributed by atoms with Gasteiger partial charge in [0.1, 0.15) is 0 Å². The number of piperazine rings is 1. The molecule has 2 N–H and O–H groups in total. The molecule has 8 heteroatoms. The Balaban J connectivity index is 1.53. The molecule has 1 aromatic carbocycles. The van der Waals surface area contributed by atoms with Gasteiger partial charge in [0.15, 0.2) is 0 Å². The Kier molecular flexibility index (Phi) is 5.67. The third-order valence-corrected chi connectivity index (χ3v) is 4.40. The highest BCUT2D eigenvalue weighted by Crippen LogP contribution is 2.19. The molecule has 1 unspecified atom stereocenters.